The monoisotopic (exact) mass is 299 g/mol. The smallest absolute Gasteiger partial charge is 0.261 e. The Balaban J connectivity index is 1.92. The van der Waals surface area contributed by atoms with Crippen molar-refractivity contribution in [3.8, 4) is 0 Å². The van der Waals surface area contributed by atoms with Gasteiger partial charge in [0.25, 0.3) is 5.56 Å². The largest absolute Gasteiger partial charge is 0.354 e. The number of carbonyl (C=O) groups excluding carboxylic acids is 1. The van der Waals surface area contributed by atoms with Gasteiger partial charge in [0.2, 0.25) is 5.91 Å². The number of amides is 1. The molecule has 1 heterocycles. The fraction of sp³-hybridized carbons (Fsp3) is 0.471. The number of rotatable bonds is 5. The van der Waals surface area contributed by atoms with Crippen LogP contribution >= 0.6 is 0 Å². The van der Waals surface area contributed by atoms with Crippen molar-refractivity contribution in [1.82, 2.24) is 14.9 Å². The first-order valence-corrected chi connectivity index (χ1v) is 7.86. The lowest BCUT2D eigenvalue weighted by Crippen LogP contribution is -2.31. The van der Waals surface area contributed by atoms with Gasteiger partial charge in [-0.3, -0.25) is 14.2 Å². The number of carbonyl (C=O) groups is 1. The minimum atomic E-state index is -0.000227. The molecular weight excluding hydrogens is 278 g/mol. The minimum Gasteiger partial charge on any atom is -0.354 e. The van der Waals surface area contributed by atoms with Gasteiger partial charge < -0.3 is 5.32 Å². The third-order valence-corrected chi connectivity index (χ3v) is 3.82. The van der Waals surface area contributed by atoms with Crippen LogP contribution in [0.4, 0.5) is 0 Å². The molecule has 1 aliphatic carbocycles. The third kappa shape index (κ3) is 3.03. The van der Waals surface area contributed by atoms with Crippen LogP contribution in [-0.2, 0) is 11.2 Å². The molecule has 2 aromatic rings. The molecule has 1 aromatic heterocycles. The average molecular weight is 299 g/mol. The van der Waals surface area contributed by atoms with Gasteiger partial charge in [0.1, 0.15) is 5.82 Å². The highest BCUT2D eigenvalue weighted by Gasteiger charge is 2.28. The van der Waals surface area contributed by atoms with E-state index >= 15 is 0 Å². The zero-order valence-electron chi connectivity index (χ0n) is 13.0. The Labute approximate surface area is 129 Å². The molecule has 0 atom stereocenters. The van der Waals surface area contributed by atoms with E-state index in [-0.39, 0.29) is 23.6 Å². The summed E-state index contributed by atoms with van der Waals surface area (Å²) in [6.45, 7) is 3.87. The van der Waals surface area contributed by atoms with Crippen molar-refractivity contribution in [2.75, 3.05) is 0 Å². The topological polar surface area (TPSA) is 64.0 Å². The van der Waals surface area contributed by atoms with Crippen molar-refractivity contribution in [2.24, 2.45) is 0 Å². The fourth-order valence-electron chi connectivity index (χ4n) is 2.70. The molecule has 116 valence electrons. The standard InChI is InChI=1S/C17H21N3O2/c1-11(2)18-16(21)10-9-15-19-14-6-4-3-5-13(14)17(22)20(15)12-7-8-12/h3-6,11-12H,7-10H2,1-2H3,(H,18,21). The van der Waals surface area contributed by atoms with Gasteiger partial charge in [-0.25, -0.2) is 4.98 Å². The van der Waals surface area contributed by atoms with Crippen molar-refractivity contribution in [2.45, 2.75) is 51.6 Å². The van der Waals surface area contributed by atoms with E-state index in [1.807, 2.05) is 38.1 Å². The van der Waals surface area contributed by atoms with Crippen LogP contribution in [0, 0.1) is 0 Å². The van der Waals surface area contributed by atoms with E-state index in [9.17, 15) is 9.59 Å². The summed E-state index contributed by atoms with van der Waals surface area (Å²) >= 11 is 0. The Kier molecular flexibility index (Phi) is 3.96. The Morgan fingerprint density at radius 1 is 1.36 bits per heavy atom. The highest BCUT2D eigenvalue weighted by atomic mass is 16.1. The van der Waals surface area contributed by atoms with Crippen LogP contribution < -0.4 is 10.9 Å². The predicted octanol–water partition coefficient (Wildman–Crippen LogP) is 2.19. The molecular formula is C17H21N3O2. The average Bonchev–Trinajstić information content (AvgIpc) is 3.29. The highest BCUT2D eigenvalue weighted by molar-refractivity contribution is 5.78. The van der Waals surface area contributed by atoms with Crippen molar-refractivity contribution < 1.29 is 4.79 Å². The molecule has 5 heteroatoms. The molecule has 1 N–H and O–H groups in total. The number of hydrogen-bond acceptors (Lipinski definition) is 3. The first kappa shape index (κ1) is 14.8. The maximum atomic E-state index is 12.7. The van der Waals surface area contributed by atoms with Crippen LogP contribution in [0.1, 0.15) is 45.0 Å². The predicted molar refractivity (Wildman–Crippen MR) is 85.9 cm³/mol. The van der Waals surface area contributed by atoms with Gasteiger partial charge in [-0.05, 0) is 38.8 Å². The summed E-state index contributed by atoms with van der Waals surface area (Å²) in [7, 11) is 0. The van der Waals surface area contributed by atoms with Crippen LogP contribution in [-0.4, -0.2) is 21.5 Å². The number of aryl methyl sites for hydroxylation is 1. The van der Waals surface area contributed by atoms with Gasteiger partial charge in [0, 0.05) is 24.9 Å². The number of nitrogens with zero attached hydrogens (tertiary/aromatic N) is 2. The summed E-state index contributed by atoms with van der Waals surface area (Å²) in [5.74, 6) is 0.727. The fourth-order valence-corrected chi connectivity index (χ4v) is 2.70. The SMILES string of the molecule is CC(C)NC(=O)CCc1nc2ccccc2c(=O)n1C1CC1. The van der Waals surface area contributed by atoms with Gasteiger partial charge >= 0.3 is 0 Å². The Hall–Kier alpha value is -2.17. The van der Waals surface area contributed by atoms with Gasteiger partial charge in [0.15, 0.2) is 0 Å². The maximum Gasteiger partial charge on any atom is 0.261 e. The van der Waals surface area contributed by atoms with E-state index in [0.717, 1.165) is 18.7 Å². The third-order valence-electron chi connectivity index (χ3n) is 3.82. The van der Waals surface area contributed by atoms with Crippen molar-refractivity contribution in [3.63, 3.8) is 0 Å². The zero-order valence-corrected chi connectivity index (χ0v) is 13.0. The van der Waals surface area contributed by atoms with Gasteiger partial charge in [-0.2, -0.15) is 0 Å². The summed E-state index contributed by atoms with van der Waals surface area (Å²) in [6, 6.07) is 7.80. The molecule has 0 spiro atoms. The lowest BCUT2D eigenvalue weighted by molar-refractivity contribution is -0.121. The Morgan fingerprint density at radius 3 is 2.77 bits per heavy atom. The van der Waals surface area contributed by atoms with Crippen LogP contribution in [0.5, 0.6) is 0 Å². The van der Waals surface area contributed by atoms with Crippen LogP contribution in [0.15, 0.2) is 29.1 Å². The summed E-state index contributed by atoms with van der Waals surface area (Å²) in [4.78, 5) is 29.2. The zero-order chi connectivity index (χ0) is 15.7. The van der Waals surface area contributed by atoms with E-state index in [0.29, 0.717) is 23.7 Å². The lowest BCUT2D eigenvalue weighted by Gasteiger charge is -2.13. The second kappa shape index (κ2) is 5.91. The number of nitrogens with one attached hydrogen (secondary N) is 1. The number of para-hydroxylation sites is 1. The molecule has 1 aromatic carbocycles. The molecule has 0 aliphatic heterocycles. The number of aromatic nitrogens is 2. The minimum absolute atomic E-state index is 0.000227. The maximum absolute atomic E-state index is 12.7. The van der Waals surface area contributed by atoms with Gasteiger partial charge in [0.05, 0.1) is 10.9 Å². The first-order valence-electron chi connectivity index (χ1n) is 7.86. The Bertz CT molecular complexity index is 760. The summed E-state index contributed by atoms with van der Waals surface area (Å²) in [6.07, 6.45) is 2.89. The molecule has 1 saturated carbocycles. The molecule has 0 unspecified atom stereocenters. The van der Waals surface area contributed by atoms with Crippen LogP contribution in [0.2, 0.25) is 0 Å². The van der Waals surface area contributed by atoms with Crippen LogP contribution in [0.3, 0.4) is 0 Å². The molecule has 3 rings (SSSR count). The second-order valence-corrected chi connectivity index (χ2v) is 6.17. The number of fused-ring (bicyclic) bond motifs is 1. The molecule has 1 fully saturated rings. The number of benzene rings is 1. The van der Waals surface area contributed by atoms with Crippen molar-refractivity contribution in [1.29, 1.82) is 0 Å². The summed E-state index contributed by atoms with van der Waals surface area (Å²) in [5, 5.41) is 3.53. The van der Waals surface area contributed by atoms with Gasteiger partial charge in [-0.1, -0.05) is 12.1 Å². The molecule has 5 nitrogen and oxygen atoms in total. The lowest BCUT2D eigenvalue weighted by atomic mass is 10.2. The summed E-state index contributed by atoms with van der Waals surface area (Å²) < 4.78 is 1.80. The normalized spacial score (nSPS) is 14.5. The summed E-state index contributed by atoms with van der Waals surface area (Å²) in [5.41, 5.74) is 0.732. The molecule has 1 amide bonds. The van der Waals surface area contributed by atoms with Crippen molar-refractivity contribution >= 4 is 16.8 Å². The molecule has 0 radical (unpaired) electrons. The van der Waals surface area contributed by atoms with E-state index in [4.69, 9.17) is 0 Å². The molecule has 1 aliphatic rings. The first-order chi connectivity index (χ1) is 10.6. The molecule has 0 bridgehead atoms. The quantitative estimate of drug-likeness (QED) is 0.920. The van der Waals surface area contributed by atoms with Gasteiger partial charge in [-0.15, -0.1) is 0 Å². The van der Waals surface area contributed by atoms with E-state index in [1.165, 1.54) is 0 Å². The second-order valence-electron chi connectivity index (χ2n) is 6.17. The van der Waals surface area contributed by atoms with Crippen molar-refractivity contribution in [3.05, 3.63) is 40.4 Å². The van der Waals surface area contributed by atoms with E-state index < -0.39 is 0 Å². The molecule has 0 saturated heterocycles. The Morgan fingerprint density at radius 2 is 2.09 bits per heavy atom. The highest BCUT2D eigenvalue weighted by Crippen LogP contribution is 2.34. The molecule has 22 heavy (non-hydrogen) atoms. The van der Waals surface area contributed by atoms with E-state index in [1.54, 1.807) is 4.57 Å². The number of hydrogen-bond donors (Lipinski definition) is 1. The van der Waals surface area contributed by atoms with E-state index in [2.05, 4.69) is 10.3 Å². The van der Waals surface area contributed by atoms with Crippen LogP contribution in [0.25, 0.3) is 10.9 Å².